The lowest BCUT2D eigenvalue weighted by molar-refractivity contribution is 0.0947. The Balaban J connectivity index is 1.97. The SMILES string of the molecule is CCc1cc(C(=O)NCC2CCN(C)C2)cc(NC)n1. The van der Waals surface area contributed by atoms with E-state index in [-0.39, 0.29) is 5.91 Å². The monoisotopic (exact) mass is 276 g/mol. The third-order valence-electron chi connectivity index (χ3n) is 3.80. The van der Waals surface area contributed by atoms with Crippen molar-refractivity contribution in [2.45, 2.75) is 19.8 Å². The number of nitrogens with one attached hydrogen (secondary N) is 2. The predicted molar refractivity (Wildman–Crippen MR) is 81.1 cm³/mol. The summed E-state index contributed by atoms with van der Waals surface area (Å²) < 4.78 is 0. The van der Waals surface area contributed by atoms with Gasteiger partial charge in [-0.2, -0.15) is 0 Å². The molecule has 2 rings (SSSR count). The second-order valence-corrected chi connectivity index (χ2v) is 5.46. The third-order valence-corrected chi connectivity index (χ3v) is 3.80. The first-order valence-corrected chi connectivity index (χ1v) is 7.27. The second-order valence-electron chi connectivity index (χ2n) is 5.46. The predicted octanol–water partition coefficient (Wildman–Crippen LogP) is 1.37. The van der Waals surface area contributed by atoms with Gasteiger partial charge in [0.15, 0.2) is 0 Å². The van der Waals surface area contributed by atoms with Gasteiger partial charge in [0.25, 0.3) is 5.91 Å². The lowest BCUT2D eigenvalue weighted by Gasteiger charge is -2.12. The van der Waals surface area contributed by atoms with E-state index in [4.69, 9.17) is 0 Å². The Labute approximate surface area is 120 Å². The molecule has 5 heteroatoms. The third kappa shape index (κ3) is 3.70. The number of likely N-dealkylation sites (tertiary alicyclic amines) is 1. The van der Waals surface area contributed by atoms with Crippen molar-refractivity contribution in [3.8, 4) is 0 Å². The summed E-state index contributed by atoms with van der Waals surface area (Å²) in [5, 5.41) is 6.05. The Morgan fingerprint density at radius 2 is 2.30 bits per heavy atom. The molecule has 1 aliphatic heterocycles. The van der Waals surface area contributed by atoms with E-state index in [0.29, 0.717) is 11.5 Å². The van der Waals surface area contributed by atoms with Gasteiger partial charge in [0.1, 0.15) is 5.82 Å². The van der Waals surface area contributed by atoms with E-state index in [9.17, 15) is 4.79 Å². The molecule has 1 aliphatic rings. The average Bonchev–Trinajstić information content (AvgIpc) is 2.89. The maximum Gasteiger partial charge on any atom is 0.251 e. The van der Waals surface area contributed by atoms with Gasteiger partial charge >= 0.3 is 0 Å². The first kappa shape index (κ1) is 14.8. The van der Waals surface area contributed by atoms with Crippen LogP contribution >= 0.6 is 0 Å². The van der Waals surface area contributed by atoms with Crippen molar-refractivity contribution in [3.63, 3.8) is 0 Å². The highest BCUT2D eigenvalue weighted by molar-refractivity contribution is 5.95. The highest BCUT2D eigenvalue weighted by atomic mass is 16.1. The molecule has 0 radical (unpaired) electrons. The summed E-state index contributed by atoms with van der Waals surface area (Å²) in [6.45, 7) is 4.98. The van der Waals surface area contributed by atoms with Crippen molar-refractivity contribution >= 4 is 11.7 Å². The molecule has 5 nitrogen and oxygen atoms in total. The van der Waals surface area contributed by atoms with Crippen LogP contribution in [0.3, 0.4) is 0 Å². The van der Waals surface area contributed by atoms with E-state index in [1.807, 2.05) is 20.0 Å². The standard InChI is InChI=1S/C15H24N4O/c1-4-13-7-12(8-14(16-2)18-13)15(20)17-9-11-5-6-19(3)10-11/h7-8,11H,4-6,9-10H2,1-3H3,(H,16,18)(H,17,20). The summed E-state index contributed by atoms with van der Waals surface area (Å²) in [5.41, 5.74) is 1.62. The number of nitrogens with zero attached hydrogens (tertiary/aromatic N) is 2. The summed E-state index contributed by atoms with van der Waals surface area (Å²) in [7, 11) is 3.94. The molecule has 0 aliphatic carbocycles. The number of hydrogen-bond acceptors (Lipinski definition) is 4. The molecule has 1 atom stereocenters. The zero-order valence-electron chi connectivity index (χ0n) is 12.6. The molecule has 2 N–H and O–H groups in total. The normalized spacial score (nSPS) is 19.1. The first-order valence-electron chi connectivity index (χ1n) is 7.27. The number of carbonyl (C=O) groups is 1. The Morgan fingerprint density at radius 1 is 1.50 bits per heavy atom. The second kappa shape index (κ2) is 6.70. The topological polar surface area (TPSA) is 57.3 Å². The fourth-order valence-corrected chi connectivity index (χ4v) is 2.56. The molecule has 1 aromatic heterocycles. The van der Waals surface area contributed by atoms with Crippen molar-refractivity contribution in [3.05, 3.63) is 23.4 Å². The maximum atomic E-state index is 12.2. The van der Waals surface area contributed by atoms with Gasteiger partial charge in [-0.25, -0.2) is 4.98 Å². The molecule has 2 heterocycles. The van der Waals surface area contributed by atoms with Crippen LogP contribution in [-0.2, 0) is 6.42 Å². The summed E-state index contributed by atoms with van der Waals surface area (Å²) in [6, 6.07) is 3.67. The number of pyridine rings is 1. The highest BCUT2D eigenvalue weighted by Crippen LogP contribution is 2.14. The van der Waals surface area contributed by atoms with E-state index in [0.717, 1.165) is 44.0 Å². The van der Waals surface area contributed by atoms with Crippen molar-refractivity contribution in [2.75, 3.05) is 39.0 Å². The fourth-order valence-electron chi connectivity index (χ4n) is 2.56. The zero-order valence-corrected chi connectivity index (χ0v) is 12.6. The Bertz CT molecular complexity index is 453. The van der Waals surface area contributed by atoms with Gasteiger partial charge in [-0.1, -0.05) is 6.92 Å². The van der Waals surface area contributed by atoms with Crippen molar-refractivity contribution in [2.24, 2.45) is 5.92 Å². The van der Waals surface area contributed by atoms with Crippen LogP contribution in [0.4, 0.5) is 5.82 Å². The van der Waals surface area contributed by atoms with Crippen LogP contribution in [0, 0.1) is 5.92 Å². The molecular formula is C15H24N4O. The molecule has 1 aromatic rings. The lowest BCUT2D eigenvalue weighted by atomic mass is 10.1. The molecule has 110 valence electrons. The number of anilines is 1. The number of aryl methyl sites for hydroxylation is 1. The average molecular weight is 276 g/mol. The van der Waals surface area contributed by atoms with Gasteiger partial charge in [0.05, 0.1) is 0 Å². The minimum absolute atomic E-state index is 0.00634. The van der Waals surface area contributed by atoms with Crippen LogP contribution in [0.5, 0.6) is 0 Å². The van der Waals surface area contributed by atoms with Crippen LogP contribution in [0.1, 0.15) is 29.4 Å². The quantitative estimate of drug-likeness (QED) is 0.853. The van der Waals surface area contributed by atoms with Crippen molar-refractivity contribution in [1.82, 2.24) is 15.2 Å². The van der Waals surface area contributed by atoms with Gasteiger partial charge in [0.2, 0.25) is 0 Å². The molecule has 1 fully saturated rings. The molecule has 1 saturated heterocycles. The molecule has 1 unspecified atom stereocenters. The lowest BCUT2D eigenvalue weighted by Crippen LogP contribution is -2.30. The number of hydrogen-bond donors (Lipinski definition) is 2. The molecule has 0 saturated carbocycles. The summed E-state index contributed by atoms with van der Waals surface area (Å²) in [4.78, 5) is 18.9. The van der Waals surface area contributed by atoms with Crippen LogP contribution in [0.15, 0.2) is 12.1 Å². The largest absolute Gasteiger partial charge is 0.373 e. The molecule has 0 bridgehead atoms. The molecule has 20 heavy (non-hydrogen) atoms. The molecule has 0 spiro atoms. The minimum atomic E-state index is -0.00634. The molecule has 1 amide bonds. The van der Waals surface area contributed by atoms with Crippen LogP contribution < -0.4 is 10.6 Å². The van der Waals surface area contributed by atoms with E-state index in [1.54, 1.807) is 6.07 Å². The Morgan fingerprint density at radius 3 is 2.90 bits per heavy atom. The Kier molecular flexibility index (Phi) is 4.95. The summed E-state index contributed by atoms with van der Waals surface area (Å²) in [6.07, 6.45) is 1.98. The maximum absolute atomic E-state index is 12.2. The van der Waals surface area contributed by atoms with Gasteiger partial charge in [-0.3, -0.25) is 4.79 Å². The first-order chi connectivity index (χ1) is 9.62. The van der Waals surface area contributed by atoms with Crippen molar-refractivity contribution in [1.29, 1.82) is 0 Å². The van der Waals surface area contributed by atoms with Gasteiger partial charge in [-0.05, 0) is 44.5 Å². The minimum Gasteiger partial charge on any atom is -0.373 e. The van der Waals surface area contributed by atoms with Gasteiger partial charge in [-0.15, -0.1) is 0 Å². The fraction of sp³-hybridized carbons (Fsp3) is 0.600. The smallest absolute Gasteiger partial charge is 0.251 e. The van der Waals surface area contributed by atoms with Crippen LogP contribution in [-0.4, -0.2) is 49.5 Å². The van der Waals surface area contributed by atoms with Crippen molar-refractivity contribution < 1.29 is 4.79 Å². The summed E-state index contributed by atoms with van der Waals surface area (Å²) in [5.74, 6) is 1.31. The van der Waals surface area contributed by atoms with E-state index >= 15 is 0 Å². The zero-order chi connectivity index (χ0) is 14.5. The van der Waals surface area contributed by atoms with E-state index in [2.05, 4.69) is 27.6 Å². The highest BCUT2D eigenvalue weighted by Gasteiger charge is 2.20. The Hall–Kier alpha value is -1.62. The number of rotatable bonds is 5. The number of aromatic nitrogens is 1. The van der Waals surface area contributed by atoms with Crippen LogP contribution in [0.25, 0.3) is 0 Å². The number of amides is 1. The molecular weight excluding hydrogens is 252 g/mol. The van der Waals surface area contributed by atoms with Gasteiger partial charge in [0, 0.05) is 31.4 Å². The number of carbonyl (C=O) groups excluding carboxylic acids is 1. The van der Waals surface area contributed by atoms with Gasteiger partial charge < -0.3 is 15.5 Å². The molecule has 0 aromatic carbocycles. The van der Waals surface area contributed by atoms with E-state index < -0.39 is 0 Å². The van der Waals surface area contributed by atoms with E-state index in [1.165, 1.54) is 0 Å². The summed E-state index contributed by atoms with van der Waals surface area (Å²) >= 11 is 0. The van der Waals surface area contributed by atoms with Crippen LogP contribution in [0.2, 0.25) is 0 Å².